The molecule has 0 aliphatic carbocycles. The lowest BCUT2D eigenvalue weighted by Crippen LogP contribution is -2.50. The normalized spacial score (nSPS) is 31.4. The number of nitrogens with zero attached hydrogens (tertiary/aromatic N) is 3. The zero-order chi connectivity index (χ0) is 12.4. The molecular formula is C12H24N4O. The van der Waals surface area contributed by atoms with Crippen LogP contribution >= 0.6 is 0 Å². The van der Waals surface area contributed by atoms with E-state index in [-0.39, 0.29) is 6.03 Å². The van der Waals surface area contributed by atoms with Crippen molar-refractivity contribution >= 4 is 6.03 Å². The van der Waals surface area contributed by atoms with Gasteiger partial charge < -0.3 is 20.0 Å². The summed E-state index contributed by atoms with van der Waals surface area (Å²) in [4.78, 5) is 18.1. The Morgan fingerprint density at radius 3 is 2.76 bits per heavy atom. The third-order valence-electron chi connectivity index (χ3n) is 4.09. The van der Waals surface area contributed by atoms with Gasteiger partial charge in [-0.1, -0.05) is 0 Å². The Morgan fingerprint density at radius 1 is 1.41 bits per heavy atom. The number of amides is 2. The van der Waals surface area contributed by atoms with E-state index in [1.807, 2.05) is 16.8 Å². The number of hydrogen-bond acceptors (Lipinski definition) is 3. The molecule has 5 nitrogen and oxygen atoms in total. The minimum Gasteiger partial charge on any atom is -0.323 e. The van der Waals surface area contributed by atoms with E-state index in [0.717, 1.165) is 39.1 Å². The molecule has 2 saturated heterocycles. The van der Waals surface area contributed by atoms with Gasteiger partial charge in [0.15, 0.2) is 0 Å². The van der Waals surface area contributed by atoms with Crippen molar-refractivity contribution in [2.75, 3.05) is 46.8 Å². The Labute approximate surface area is 104 Å². The zero-order valence-electron chi connectivity index (χ0n) is 11.1. The van der Waals surface area contributed by atoms with Crippen LogP contribution < -0.4 is 5.32 Å². The van der Waals surface area contributed by atoms with Gasteiger partial charge in [-0.25, -0.2) is 4.79 Å². The molecule has 2 aliphatic rings. The summed E-state index contributed by atoms with van der Waals surface area (Å²) in [5.41, 5.74) is 0. The van der Waals surface area contributed by atoms with E-state index in [2.05, 4.69) is 24.2 Å². The number of urea groups is 1. The second-order valence-corrected chi connectivity index (χ2v) is 5.32. The van der Waals surface area contributed by atoms with Crippen molar-refractivity contribution in [3.05, 3.63) is 0 Å². The largest absolute Gasteiger partial charge is 0.323 e. The molecule has 2 heterocycles. The van der Waals surface area contributed by atoms with E-state index in [0.29, 0.717) is 12.1 Å². The number of carbonyl (C=O) groups excluding carboxylic acids is 1. The van der Waals surface area contributed by atoms with Crippen LogP contribution in [0.2, 0.25) is 0 Å². The molecule has 0 saturated carbocycles. The van der Waals surface area contributed by atoms with Crippen LogP contribution in [0, 0.1) is 0 Å². The first-order chi connectivity index (χ1) is 8.09. The van der Waals surface area contributed by atoms with Crippen LogP contribution in [0.1, 0.15) is 13.3 Å². The molecule has 2 rings (SSSR count). The minimum atomic E-state index is 0.184. The van der Waals surface area contributed by atoms with E-state index in [1.165, 1.54) is 0 Å². The minimum absolute atomic E-state index is 0.184. The molecule has 1 N–H and O–H groups in total. The molecule has 2 fully saturated rings. The maximum Gasteiger partial charge on any atom is 0.320 e. The van der Waals surface area contributed by atoms with E-state index >= 15 is 0 Å². The van der Waals surface area contributed by atoms with Gasteiger partial charge in [-0.2, -0.15) is 0 Å². The molecule has 0 aromatic heterocycles. The first-order valence-electron chi connectivity index (χ1n) is 6.52. The van der Waals surface area contributed by atoms with Crippen LogP contribution in [0.4, 0.5) is 4.79 Å². The van der Waals surface area contributed by atoms with Crippen LogP contribution in [0.5, 0.6) is 0 Å². The van der Waals surface area contributed by atoms with Crippen molar-refractivity contribution in [2.45, 2.75) is 25.4 Å². The topological polar surface area (TPSA) is 38.8 Å². The molecule has 2 unspecified atom stereocenters. The van der Waals surface area contributed by atoms with Crippen LogP contribution in [-0.2, 0) is 0 Å². The summed E-state index contributed by atoms with van der Waals surface area (Å²) in [7, 11) is 4.06. The highest BCUT2D eigenvalue weighted by atomic mass is 16.2. The highest BCUT2D eigenvalue weighted by molar-refractivity contribution is 5.76. The van der Waals surface area contributed by atoms with Gasteiger partial charge in [0.1, 0.15) is 0 Å². The Hall–Kier alpha value is -0.810. The fourth-order valence-electron chi connectivity index (χ4n) is 2.61. The van der Waals surface area contributed by atoms with Crippen LogP contribution in [0.25, 0.3) is 0 Å². The lowest BCUT2D eigenvalue weighted by Gasteiger charge is -2.34. The van der Waals surface area contributed by atoms with Gasteiger partial charge in [0.25, 0.3) is 0 Å². The van der Waals surface area contributed by atoms with Crippen LogP contribution in [0.15, 0.2) is 0 Å². The SMILES string of the molecule is CC1CN(CCC2CNCCN2C)C(=O)N1C. The summed E-state index contributed by atoms with van der Waals surface area (Å²) in [6, 6.07) is 1.10. The van der Waals surface area contributed by atoms with Gasteiger partial charge in [0.2, 0.25) is 0 Å². The summed E-state index contributed by atoms with van der Waals surface area (Å²) in [6.45, 7) is 7.09. The zero-order valence-corrected chi connectivity index (χ0v) is 11.1. The van der Waals surface area contributed by atoms with Gasteiger partial charge >= 0.3 is 6.03 Å². The molecule has 2 aliphatic heterocycles. The first-order valence-corrected chi connectivity index (χ1v) is 6.52. The van der Waals surface area contributed by atoms with E-state index in [4.69, 9.17) is 0 Å². The van der Waals surface area contributed by atoms with Gasteiger partial charge in [-0.15, -0.1) is 0 Å². The second-order valence-electron chi connectivity index (χ2n) is 5.32. The standard InChI is InChI=1S/C12H24N4O/c1-10-9-16(12(17)15(10)3)6-4-11-8-13-5-7-14(11)2/h10-11,13H,4-9H2,1-3H3. The van der Waals surface area contributed by atoms with E-state index in [9.17, 15) is 4.79 Å². The maximum atomic E-state index is 11.9. The molecule has 0 spiro atoms. The molecule has 98 valence electrons. The van der Waals surface area contributed by atoms with Crippen molar-refractivity contribution in [2.24, 2.45) is 0 Å². The Bertz CT molecular complexity index is 284. The highest BCUT2D eigenvalue weighted by Gasteiger charge is 2.31. The molecule has 0 aromatic carbocycles. The van der Waals surface area contributed by atoms with Crippen molar-refractivity contribution in [3.63, 3.8) is 0 Å². The molecular weight excluding hydrogens is 216 g/mol. The fourth-order valence-corrected chi connectivity index (χ4v) is 2.61. The number of rotatable bonds is 3. The number of nitrogens with one attached hydrogen (secondary N) is 1. The van der Waals surface area contributed by atoms with Crippen molar-refractivity contribution in [3.8, 4) is 0 Å². The average molecular weight is 240 g/mol. The third kappa shape index (κ3) is 2.72. The second kappa shape index (κ2) is 5.23. The quantitative estimate of drug-likeness (QED) is 0.757. The number of piperazine rings is 1. The predicted molar refractivity (Wildman–Crippen MR) is 68.1 cm³/mol. The smallest absolute Gasteiger partial charge is 0.320 e. The maximum absolute atomic E-state index is 11.9. The van der Waals surface area contributed by atoms with Gasteiger partial charge in [0.05, 0.1) is 0 Å². The van der Waals surface area contributed by atoms with Gasteiger partial charge in [-0.3, -0.25) is 0 Å². The van der Waals surface area contributed by atoms with E-state index < -0.39 is 0 Å². The highest BCUT2D eigenvalue weighted by Crippen LogP contribution is 2.15. The van der Waals surface area contributed by atoms with E-state index in [1.54, 1.807) is 0 Å². The molecule has 5 heteroatoms. The van der Waals surface area contributed by atoms with Crippen LogP contribution in [0.3, 0.4) is 0 Å². The predicted octanol–water partition coefficient (Wildman–Crippen LogP) is 0.0360. The number of carbonyl (C=O) groups is 1. The molecule has 2 amide bonds. The summed E-state index contributed by atoms with van der Waals surface area (Å²) in [6.07, 6.45) is 1.07. The Balaban J connectivity index is 1.80. The first kappa shape index (κ1) is 12.6. The summed E-state index contributed by atoms with van der Waals surface area (Å²) in [5, 5.41) is 3.41. The summed E-state index contributed by atoms with van der Waals surface area (Å²) < 4.78 is 0. The molecule has 0 bridgehead atoms. The number of likely N-dealkylation sites (N-methyl/N-ethyl adjacent to an activating group) is 2. The van der Waals surface area contributed by atoms with Crippen molar-refractivity contribution in [1.82, 2.24) is 20.0 Å². The fraction of sp³-hybridized carbons (Fsp3) is 0.917. The van der Waals surface area contributed by atoms with Crippen LogP contribution in [-0.4, -0.2) is 79.6 Å². The Kier molecular flexibility index (Phi) is 3.89. The number of hydrogen-bond donors (Lipinski definition) is 1. The molecule has 2 atom stereocenters. The molecule has 17 heavy (non-hydrogen) atoms. The van der Waals surface area contributed by atoms with Crippen molar-refractivity contribution < 1.29 is 4.79 Å². The monoisotopic (exact) mass is 240 g/mol. The van der Waals surface area contributed by atoms with Crippen molar-refractivity contribution in [1.29, 1.82) is 0 Å². The van der Waals surface area contributed by atoms with Gasteiger partial charge in [-0.05, 0) is 20.4 Å². The third-order valence-corrected chi connectivity index (χ3v) is 4.09. The average Bonchev–Trinajstić information content (AvgIpc) is 2.56. The summed E-state index contributed by atoms with van der Waals surface area (Å²) in [5.74, 6) is 0. The lowest BCUT2D eigenvalue weighted by atomic mass is 10.1. The van der Waals surface area contributed by atoms with Gasteiger partial charge in [0, 0.05) is 51.9 Å². The molecule has 0 radical (unpaired) electrons. The lowest BCUT2D eigenvalue weighted by molar-refractivity contribution is 0.167. The summed E-state index contributed by atoms with van der Waals surface area (Å²) >= 11 is 0. The Morgan fingerprint density at radius 2 is 2.18 bits per heavy atom. The molecule has 0 aromatic rings.